The normalized spacial score (nSPS) is 13.2. The summed E-state index contributed by atoms with van der Waals surface area (Å²) < 4.78 is 0. The Bertz CT molecular complexity index is 657. The number of carbonyl (C=O) groups excluding carboxylic acids is 2. The van der Waals surface area contributed by atoms with E-state index in [2.05, 4.69) is 5.32 Å². The van der Waals surface area contributed by atoms with E-state index >= 15 is 0 Å². The average molecular weight is 237 g/mol. The number of imide groups is 1. The van der Waals surface area contributed by atoms with Crippen molar-refractivity contribution in [2.45, 2.75) is 0 Å². The van der Waals surface area contributed by atoms with E-state index in [0.717, 1.165) is 5.39 Å². The molecule has 1 aliphatic rings. The molecule has 2 N–H and O–H groups in total. The summed E-state index contributed by atoms with van der Waals surface area (Å²) in [5.41, 5.74) is 0.593. The zero-order chi connectivity index (χ0) is 11.3. The fourth-order valence-electron chi connectivity index (χ4n) is 2.02. The Hall–Kier alpha value is -1.36. The molecule has 0 unspecified atom stereocenters. The van der Waals surface area contributed by atoms with E-state index in [9.17, 15) is 14.7 Å². The zero-order valence-corrected chi connectivity index (χ0v) is 11.2. The van der Waals surface area contributed by atoms with Gasteiger partial charge in [-0.1, -0.05) is 18.2 Å². The third-order valence-electron chi connectivity index (χ3n) is 2.72. The number of hydrogen-bond donors (Lipinski definition) is 2. The minimum absolute atomic E-state index is 0. The van der Waals surface area contributed by atoms with Gasteiger partial charge in [-0.2, -0.15) is 0 Å². The van der Waals surface area contributed by atoms with E-state index in [-0.39, 0.29) is 42.3 Å². The maximum absolute atomic E-state index is 11.6. The third kappa shape index (κ3) is 1.65. The molecule has 1 heterocycles. The van der Waals surface area contributed by atoms with Crippen LogP contribution in [0.25, 0.3) is 10.8 Å². The van der Waals surface area contributed by atoms with Crippen molar-refractivity contribution >= 4 is 22.6 Å². The Morgan fingerprint density at radius 3 is 2.59 bits per heavy atom. The quantitative estimate of drug-likeness (QED) is 0.435. The summed E-state index contributed by atoms with van der Waals surface area (Å²) in [5, 5.41) is 13.1. The van der Waals surface area contributed by atoms with Gasteiger partial charge >= 0.3 is 29.6 Å². The Kier molecular flexibility index (Phi) is 2.95. The van der Waals surface area contributed by atoms with Gasteiger partial charge in [-0.05, 0) is 17.5 Å². The van der Waals surface area contributed by atoms with Crippen LogP contribution in [0.1, 0.15) is 22.1 Å². The van der Waals surface area contributed by atoms with E-state index in [4.69, 9.17) is 0 Å². The van der Waals surface area contributed by atoms with Crippen LogP contribution in [0.3, 0.4) is 0 Å². The number of hydrogen-bond acceptors (Lipinski definition) is 3. The van der Waals surface area contributed by atoms with E-state index < -0.39 is 11.8 Å². The van der Waals surface area contributed by atoms with Gasteiger partial charge in [0.2, 0.25) is 0 Å². The van der Waals surface area contributed by atoms with E-state index in [1.807, 2.05) is 0 Å². The first-order valence-corrected chi connectivity index (χ1v) is 4.79. The van der Waals surface area contributed by atoms with Crippen molar-refractivity contribution in [2.75, 3.05) is 0 Å². The standard InChI is InChI=1S/C12H7NO3.Na.H/c14-8-5-4-6-2-1-3-7-9(6)10(8)12(16)13-11(7)15;;/h1-5,14H,(H,13,15,16);;/q;+1;-1. The molecule has 0 atom stereocenters. The van der Waals surface area contributed by atoms with Gasteiger partial charge in [0.1, 0.15) is 5.75 Å². The summed E-state index contributed by atoms with van der Waals surface area (Å²) in [5.74, 6) is -1.08. The number of phenols is 1. The molecule has 0 aliphatic carbocycles. The molecule has 2 aromatic carbocycles. The topological polar surface area (TPSA) is 66.4 Å². The molecule has 0 fully saturated rings. The molecule has 17 heavy (non-hydrogen) atoms. The molecule has 3 rings (SSSR count). The van der Waals surface area contributed by atoms with Crippen molar-refractivity contribution in [1.29, 1.82) is 0 Å². The molecule has 0 aromatic heterocycles. The smallest absolute Gasteiger partial charge is 1.00 e. The van der Waals surface area contributed by atoms with Crippen molar-refractivity contribution in [1.82, 2.24) is 5.32 Å². The molecule has 0 spiro atoms. The monoisotopic (exact) mass is 237 g/mol. The fraction of sp³-hybridized carbons (Fsp3) is 0. The first-order valence-electron chi connectivity index (χ1n) is 4.79. The van der Waals surface area contributed by atoms with Gasteiger partial charge in [0, 0.05) is 10.9 Å². The fourth-order valence-corrected chi connectivity index (χ4v) is 2.02. The Labute approximate surface area is 120 Å². The number of carbonyl (C=O) groups is 2. The minimum Gasteiger partial charge on any atom is -1.00 e. The molecular weight excluding hydrogens is 229 g/mol. The van der Waals surface area contributed by atoms with Crippen LogP contribution < -0.4 is 34.9 Å². The number of phenolic OH excluding ortho intramolecular Hbond substituents is 1. The molecule has 0 radical (unpaired) electrons. The van der Waals surface area contributed by atoms with Gasteiger partial charge in [-0.15, -0.1) is 0 Å². The summed E-state index contributed by atoms with van der Waals surface area (Å²) >= 11 is 0. The molecule has 80 valence electrons. The first kappa shape index (κ1) is 12.1. The van der Waals surface area contributed by atoms with Gasteiger partial charge in [0.05, 0.1) is 5.56 Å². The molecule has 2 aromatic rings. The van der Waals surface area contributed by atoms with Crippen LogP contribution in [0.4, 0.5) is 0 Å². The Morgan fingerprint density at radius 2 is 1.82 bits per heavy atom. The summed E-state index contributed by atoms with van der Waals surface area (Å²) in [4.78, 5) is 23.2. The first-order chi connectivity index (χ1) is 7.68. The zero-order valence-electron chi connectivity index (χ0n) is 10.2. The second-order valence-electron chi connectivity index (χ2n) is 3.65. The van der Waals surface area contributed by atoms with Crippen molar-refractivity contribution in [3.63, 3.8) is 0 Å². The minimum atomic E-state index is -0.549. The van der Waals surface area contributed by atoms with Crippen molar-refractivity contribution in [3.05, 3.63) is 41.5 Å². The second kappa shape index (κ2) is 4.14. The number of rotatable bonds is 0. The molecule has 2 amide bonds. The summed E-state index contributed by atoms with van der Waals surface area (Å²) in [7, 11) is 0. The second-order valence-corrected chi connectivity index (χ2v) is 3.65. The van der Waals surface area contributed by atoms with E-state index in [1.54, 1.807) is 24.3 Å². The van der Waals surface area contributed by atoms with E-state index in [0.29, 0.717) is 10.9 Å². The van der Waals surface area contributed by atoms with E-state index in [1.165, 1.54) is 6.07 Å². The molecule has 1 aliphatic heterocycles. The van der Waals surface area contributed by atoms with Gasteiger partial charge in [-0.3, -0.25) is 14.9 Å². The van der Waals surface area contributed by atoms with Crippen molar-refractivity contribution in [3.8, 4) is 5.75 Å². The maximum Gasteiger partial charge on any atom is 1.00 e. The van der Waals surface area contributed by atoms with Crippen LogP contribution in [-0.4, -0.2) is 16.9 Å². The van der Waals surface area contributed by atoms with Gasteiger partial charge in [0.25, 0.3) is 11.8 Å². The average Bonchev–Trinajstić information content (AvgIpc) is 2.26. The van der Waals surface area contributed by atoms with Crippen LogP contribution >= 0.6 is 0 Å². The SMILES string of the molecule is O=C1NC(=O)c2c(O)ccc3cccc1c23.[H-].[Na+]. The predicted octanol–water partition coefficient (Wildman–Crippen LogP) is -1.45. The van der Waals surface area contributed by atoms with Crippen LogP contribution in [0.2, 0.25) is 0 Å². The van der Waals surface area contributed by atoms with Crippen molar-refractivity contribution < 1.29 is 45.7 Å². The van der Waals surface area contributed by atoms with Gasteiger partial charge < -0.3 is 6.53 Å². The van der Waals surface area contributed by atoms with Gasteiger partial charge in [-0.25, -0.2) is 0 Å². The molecule has 4 nitrogen and oxygen atoms in total. The summed E-state index contributed by atoms with van der Waals surface area (Å²) in [6.45, 7) is 0. The molecule has 5 heteroatoms. The maximum atomic E-state index is 11.6. The number of benzene rings is 2. The molecule has 0 saturated carbocycles. The largest absolute Gasteiger partial charge is 1.00 e. The molecular formula is C12H8NNaO3. The molecule has 0 saturated heterocycles. The van der Waals surface area contributed by atoms with Crippen LogP contribution in [0.15, 0.2) is 30.3 Å². The number of nitrogens with one attached hydrogen (secondary N) is 1. The Morgan fingerprint density at radius 1 is 1.06 bits per heavy atom. The van der Waals surface area contributed by atoms with Crippen LogP contribution in [0, 0.1) is 0 Å². The number of amides is 2. The molecule has 0 bridgehead atoms. The summed E-state index contributed by atoms with van der Waals surface area (Å²) in [6.07, 6.45) is 0. The van der Waals surface area contributed by atoms with Crippen LogP contribution in [0.5, 0.6) is 5.75 Å². The van der Waals surface area contributed by atoms with Crippen LogP contribution in [-0.2, 0) is 0 Å². The number of aromatic hydroxyl groups is 1. The van der Waals surface area contributed by atoms with Gasteiger partial charge in [0.15, 0.2) is 0 Å². The Balaban J connectivity index is 0.000000810. The predicted molar refractivity (Wildman–Crippen MR) is 58.5 cm³/mol. The van der Waals surface area contributed by atoms with Crippen molar-refractivity contribution in [2.24, 2.45) is 0 Å². The summed E-state index contributed by atoms with van der Waals surface area (Å²) in [6, 6.07) is 8.31. The third-order valence-corrected chi connectivity index (χ3v) is 2.72.